The molecule has 0 saturated heterocycles. The largest absolute Gasteiger partial charge is 0.494 e. The standard InChI is InChI=1S/C19H23N3O4/c1-13-6-7-16(26-2)15(12-13)22-11-8-14(21-22)17(23)20-19(18(24)25)9-4-3-5-10-19/h6-8,11-12H,3-5,9-10H2,1-2H3,(H,20,23)(H,24,25). The lowest BCUT2D eigenvalue weighted by molar-refractivity contribution is -0.145. The molecule has 2 aromatic rings. The molecule has 1 aliphatic rings. The van der Waals surface area contributed by atoms with Crippen LogP contribution in [0.1, 0.15) is 48.2 Å². The summed E-state index contributed by atoms with van der Waals surface area (Å²) < 4.78 is 6.92. The number of carboxylic acids is 1. The molecule has 0 bridgehead atoms. The van der Waals surface area contributed by atoms with Gasteiger partial charge in [0, 0.05) is 6.20 Å². The van der Waals surface area contributed by atoms with E-state index in [1.165, 1.54) is 0 Å². The second kappa shape index (κ2) is 7.19. The lowest BCUT2D eigenvalue weighted by Crippen LogP contribution is -2.55. The Kier molecular flexibility index (Phi) is 4.97. The van der Waals surface area contributed by atoms with Crippen molar-refractivity contribution in [2.24, 2.45) is 0 Å². The monoisotopic (exact) mass is 357 g/mol. The van der Waals surface area contributed by atoms with Gasteiger partial charge in [0.1, 0.15) is 17.0 Å². The predicted octanol–water partition coefficient (Wildman–Crippen LogP) is 2.71. The van der Waals surface area contributed by atoms with Crippen molar-refractivity contribution in [2.45, 2.75) is 44.6 Å². The van der Waals surface area contributed by atoms with Crippen LogP contribution in [-0.2, 0) is 4.79 Å². The molecule has 0 spiro atoms. The summed E-state index contributed by atoms with van der Waals surface area (Å²) in [5, 5.41) is 16.6. The van der Waals surface area contributed by atoms with E-state index in [-0.39, 0.29) is 5.69 Å². The van der Waals surface area contributed by atoms with Crippen LogP contribution in [0.2, 0.25) is 0 Å². The third-order valence-corrected chi connectivity index (χ3v) is 4.87. The number of carbonyl (C=O) groups is 2. The van der Waals surface area contributed by atoms with Crippen LogP contribution in [0.15, 0.2) is 30.5 Å². The number of aromatic nitrogens is 2. The van der Waals surface area contributed by atoms with Gasteiger partial charge in [-0.2, -0.15) is 5.10 Å². The number of hydrogen-bond acceptors (Lipinski definition) is 4. The minimum atomic E-state index is -1.19. The van der Waals surface area contributed by atoms with Crippen molar-refractivity contribution >= 4 is 11.9 Å². The van der Waals surface area contributed by atoms with Gasteiger partial charge < -0.3 is 15.2 Å². The third-order valence-electron chi connectivity index (χ3n) is 4.87. The summed E-state index contributed by atoms with van der Waals surface area (Å²) in [7, 11) is 1.57. The molecule has 0 unspecified atom stereocenters. The van der Waals surface area contributed by atoms with Crippen LogP contribution in [0.4, 0.5) is 0 Å². The normalized spacial score (nSPS) is 16.1. The summed E-state index contributed by atoms with van der Waals surface area (Å²) in [5.74, 6) is -0.815. The Morgan fingerprint density at radius 1 is 1.23 bits per heavy atom. The third kappa shape index (κ3) is 3.42. The van der Waals surface area contributed by atoms with Gasteiger partial charge in [-0.05, 0) is 43.5 Å². The first-order chi connectivity index (χ1) is 12.4. The maximum absolute atomic E-state index is 12.6. The van der Waals surface area contributed by atoms with E-state index in [0.717, 1.165) is 30.5 Å². The van der Waals surface area contributed by atoms with E-state index in [4.69, 9.17) is 4.74 Å². The summed E-state index contributed by atoms with van der Waals surface area (Å²) >= 11 is 0. The number of ether oxygens (including phenoxy) is 1. The number of carbonyl (C=O) groups excluding carboxylic acids is 1. The molecule has 1 aliphatic carbocycles. The molecule has 0 atom stereocenters. The lowest BCUT2D eigenvalue weighted by Gasteiger charge is -2.33. The number of methoxy groups -OCH3 is 1. The van der Waals surface area contributed by atoms with Crippen LogP contribution in [0.3, 0.4) is 0 Å². The Balaban J connectivity index is 1.84. The average Bonchev–Trinajstić information content (AvgIpc) is 3.12. The van der Waals surface area contributed by atoms with Crippen LogP contribution < -0.4 is 10.1 Å². The highest BCUT2D eigenvalue weighted by molar-refractivity contribution is 5.96. The summed E-state index contributed by atoms with van der Waals surface area (Å²) in [4.78, 5) is 24.3. The fourth-order valence-electron chi connectivity index (χ4n) is 3.39. The van der Waals surface area contributed by atoms with E-state index >= 15 is 0 Å². The quantitative estimate of drug-likeness (QED) is 0.858. The smallest absolute Gasteiger partial charge is 0.329 e. The zero-order valence-electron chi connectivity index (χ0n) is 15.0. The van der Waals surface area contributed by atoms with E-state index in [1.807, 2.05) is 25.1 Å². The molecule has 26 heavy (non-hydrogen) atoms. The van der Waals surface area contributed by atoms with Gasteiger partial charge in [0.25, 0.3) is 5.91 Å². The predicted molar refractivity (Wildman–Crippen MR) is 95.8 cm³/mol. The van der Waals surface area contributed by atoms with Gasteiger partial charge in [-0.1, -0.05) is 25.3 Å². The van der Waals surface area contributed by atoms with Crippen molar-refractivity contribution in [1.29, 1.82) is 0 Å². The van der Waals surface area contributed by atoms with Crippen molar-refractivity contribution < 1.29 is 19.4 Å². The number of aryl methyl sites for hydroxylation is 1. The van der Waals surface area contributed by atoms with Crippen LogP contribution in [0, 0.1) is 6.92 Å². The van der Waals surface area contributed by atoms with Crippen molar-refractivity contribution in [2.75, 3.05) is 7.11 Å². The molecular weight excluding hydrogens is 334 g/mol. The number of carboxylic acid groups (broad SMARTS) is 1. The number of amides is 1. The Bertz CT molecular complexity index is 822. The number of hydrogen-bond donors (Lipinski definition) is 2. The molecule has 0 aliphatic heterocycles. The van der Waals surface area contributed by atoms with E-state index in [9.17, 15) is 14.7 Å². The average molecular weight is 357 g/mol. The summed E-state index contributed by atoms with van der Waals surface area (Å²) in [6, 6.07) is 7.26. The first-order valence-electron chi connectivity index (χ1n) is 8.72. The maximum atomic E-state index is 12.6. The van der Waals surface area contributed by atoms with E-state index in [1.54, 1.807) is 24.1 Å². The number of nitrogens with one attached hydrogen (secondary N) is 1. The molecule has 0 radical (unpaired) electrons. The molecule has 138 valence electrons. The summed E-state index contributed by atoms with van der Waals surface area (Å²) in [6.07, 6.45) is 5.14. The molecule has 7 heteroatoms. The topological polar surface area (TPSA) is 93.5 Å². The first kappa shape index (κ1) is 18.0. The fraction of sp³-hybridized carbons (Fsp3) is 0.421. The van der Waals surface area contributed by atoms with E-state index < -0.39 is 17.4 Å². The molecule has 1 amide bonds. The highest BCUT2D eigenvalue weighted by atomic mass is 16.5. The molecule has 1 aromatic carbocycles. The molecule has 1 fully saturated rings. The molecule has 7 nitrogen and oxygen atoms in total. The van der Waals surface area contributed by atoms with Gasteiger partial charge in [0.2, 0.25) is 0 Å². The fourth-order valence-corrected chi connectivity index (χ4v) is 3.39. The van der Waals surface area contributed by atoms with Gasteiger partial charge in [-0.25, -0.2) is 9.48 Å². The highest BCUT2D eigenvalue weighted by Gasteiger charge is 2.41. The van der Waals surface area contributed by atoms with Crippen LogP contribution in [0.5, 0.6) is 5.75 Å². The molecule has 2 N–H and O–H groups in total. The first-order valence-corrected chi connectivity index (χ1v) is 8.72. The SMILES string of the molecule is COc1ccc(C)cc1-n1ccc(C(=O)NC2(C(=O)O)CCCCC2)n1. The van der Waals surface area contributed by atoms with Gasteiger partial charge in [0.15, 0.2) is 5.69 Å². The van der Waals surface area contributed by atoms with Crippen LogP contribution in [0.25, 0.3) is 5.69 Å². The van der Waals surface area contributed by atoms with Gasteiger partial charge in [0.05, 0.1) is 7.11 Å². The second-order valence-corrected chi connectivity index (χ2v) is 6.72. The lowest BCUT2D eigenvalue weighted by atomic mass is 9.81. The Hall–Kier alpha value is -2.83. The number of benzene rings is 1. The van der Waals surface area contributed by atoms with Crippen molar-refractivity contribution in [3.8, 4) is 11.4 Å². The molecule has 1 heterocycles. The zero-order chi connectivity index (χ0) is 18.7. The number of rotatable bonds is 5. The minimum Gasteiger partial charge on any atom is -0.494 e. The minimum absolute atomic E-state index is 0.180. The maximum Gasteiger partial charge on any atom is 0.329 e. The Morgan fingerprint density at radius 2 is 1.96 bits per heavy atom. The summed E-state index contributed by atoms with van der Waals surface area (Å²) in [5.41, 5.74) is 0.742. The number of aliphatic carboxylic acids is 1. The second-order valence-electron chi connectivity index (χ2n) is 6.72. The molecule has 1 aromatic heterocycles. The Labute approximate surface area is 152 Å². The zero-order valence-corrected chi connectivity index (χ0v) is 15.0. The number of nitrogens with zero attached hydrogens (tertiary/aromatic N) is 2. The van der Waals surface area contributed by atoms with E-state index in [2.05, 4.69) is 10.4 Å². The summed E-state index contributed by atoms with van der Waals surface area (Å²) in [6.45, 7) is 1.96. The van der Waals surface area contributed by atoms with Crippen LogP contribution >= 0.6 is 0 Å². The van der Waals surface area contributed by atoms with Crippen molar-refractivity contribution in [3.05, 3.63) is 41.7 Å². The molecule has 3 rings (SSSR count). The van der Waals surface area contributed by atoms with Crippen LogP contribution in [-0.4, -0.2) is 39.4 Å². The van der Waals surface area contributed by atoms with Gasteiger partial charge in [-0.15, -0.1) is 0 Å². The Morgan fingerprint density at radius 3 is 2.62 bits per heavy atom. The molecule has 1 saturated carbocycles. The van der Waals surface area contributed by atoms with E-state index in [0.29, 0.717) is 18.6 Å². The van der Waals surface area contributed by atoms with Gasteiger partial charge in [-0.3, -0.25) is 4.79 Å². The van der Waals surface area contributed by atoms with Crippen molar-refractivity contribution in [1.82, 2.24) is 15.1 Å². The molecular formula is C19H23N3O4. The van der Waals surface area contributed by atoms with Gasteiger partial charge >= 0.3 is 5.97 Å². The van der Waals surface area contributed by atoms with Crippen molar-refractivity contribution in [3.63, 3.8) is 0 Å². The highest BCUT2D eigenvalue weighted by Crippen LogP contribution is 2.29.